The molecule has 0 spiro atoms. The summed E-state index contributed by atoms with van der Waals surface area (Å²) in [6.45, 7) is 1.34. The normalized spacial score (nSPS) is 17.2. The second kappa shape index (κ2) is 10.1. The van der Waals surface area contributed by atoms with Crippen LogP contribution in [0.4, 0.5) is 14.5 Å². The molecule has 1 saturated heterocycles. The van der Waals surface area contributed by atoms with E-state index in [4.69, 9.17) is 22.7 Å². The first-order valence-electron chi connectivity index (χ1n) is 11.7. The Morgan fingerprint density at radius 3 is 2.71 bits per heavy atom. The molecule has 1 aliphatic heterocycles. The quantitative estimate of drug-likeness (QED) is 0.235. The first-order chi connectivity index (χ1) is 18.1. The third-order valence-electron chi connectivity index (χ3n) is 6.38. The number of aryl methyl sites for hydroxylation is 1. The van der Waals surface area contributed by atoms with Gasteiger partial charge in [-0.15, -0.1) is 11.3 Å². The fraction of sp³-hybridized carbons (Fsp3) is 0.231. The van der Waals surface area contributed by atoms with E-state index in [-0.39, 0.29) is 42.3 Å². The van der Waals surface area contributed by atoms with E-state index < -0.39 is 29.8 Å². The van der Waals surface area contributed by atoms with Crippen LogP contribution < -0.4 is 11.1 Å². The van der Waals surface area contributed by atoms with Crippen LogP contribution in [0.3, 0.4) is 0 Å². The van der Waals surface area contributed by atoms with Crippen molar-refractivity contribution in [3.63, 3.8) is 0 Å². The highest BCUT2D eigenvalue weighted by Gasteiger charge is 2.40. The van der Waals surface area contributed by atoms with Crippen molar-refractivity contribution in [2.45, 2.75) is 32.1 Å². The summed E-state index contributed by atoms with van der Waals surface area (Å²) in [5.41, 5.74) is 7.10. The molecule has 0 radical (unpaired) electrons. The third-order valence-corrected chi connectivity index (χ3v) is 7.76. The lowest BCUT2D eigenvalue weighted by molar-refractivity contribution is -0.137. The van der Waals surface area contributed by atoms with Crippen LogP contribution >= 0.6 is 22.9 Å². The highest BCUT2D eigenvalue weighted by atomic mass is 35.5. The number of amides is 2. The average Bonchev–Trinajstić information content (AvgIpc) is 3.54. The van der Waals surface area contributed by atoms with Gasteiger partial charge in [-0.2, -0.15) is 5.10 Å². The molecule has 5 rings (SSSR count). The minimum absolute atomic E-state index is 0.101. The summed E-state index contributed by atoms with van der Waals surface area (Å²) in [4.78, 5) is 28.5. The summed E-state index contributed by atoms with van der Waals surface area (Å²) in [6.07, 6.45) is -1.63. The summed E-state index contributed by atoms with van der Waals surface area (Å²) in [6, 6.07) is 11.9. The molecule has 2 aromatic heterocycles. The molecular formula is C26H23ClF2N6O2S. The maximum Gasteiger partial charge on any atom is 0.247 e. The summed E-state index contributed by atoms with van der Waals surface area (Å²) in [5, 5.41) is 14.9. The van der Waals surface area contributed by atoms with E-state index in [1.54, 1.807) is 36.4 Å². The number of likely N-dealkylation sites (tertiary alicyclic amines) is 1. The number of halogens is 3. The molecular weight excluding hydrogens is 534 g/mol. The summed E-state index contributed by atoms with van der Waals surface area (Å²) >= 11 is 7.62. The molecule has 38 heavy (non-hydrogen) atoms. The van der Waals surface area contributed by atoms with Gasteiger partial charge in [0.05, 0.1) is 22.4 Å². The van der Waals surface area contributed by atoms with E-state index in [1.807, 2.05) is 13.0 Å². The number of carbonyl (C=O) groups is 2. The number of nitrogens with two attached hydrogens (primary N) is 1. The number of fused-ring (bicyclic) bond motifs is 1. The number of carbonyl (C=O) groups excluding carboxylic acids is 2. The maximum atomic E-state index is 15.4. The zero-order valence-electron chi connectivity index (χ0n) is 20.2. The Labute approximate surface area is 225 Å². The molecule has 0 bridgehead atoms. The lowest BCUT2D eigenvalue weighted by Crippen LogP contribution is -2.44. The minimum atomic E-state index is -1.41. The predicted octanol–water partition coefficient (Wildman–Crippen LogP) is 4.73. The summed E-state index contributed by atoms with van der Waals surface area (Å²) in [7, 11) is 0. The first kappa shape index (κ1) is 25.8. The lowest BCUT2D eigenvalue weighted by atomic mass is 10.0. The molecule has 8 nitrogen and oxygen atoms in total. The van der Waals surface area contributed by atoms with Crippen LogP contribution in [0.5, 0.6) is 0 Å². The topological polar surface area (TPSA) is 117 Å². The SMILES string of the molecule is Cc1cc2c(s1)c(C(=N)N)nn2CC(=O)N1C[C@H](F)CC1C(=O)Nc1cccc(-c2ccccc2Cl)c1F. The van der Waals surface area contributed by atoms with Crippen molar-refractivity contribution in [1.29, 1.82) is 5.41 Å². The third kappa shape index (κ3) is 4.74. The van der Waals surface area contributed by atoms with Gasteiger partial charge in [0.1, 0.15) is 30.3 Å². The Hall–Kier alpha value is -3.83. The second-order valence-electron chi connectivity index (χ2n) is 9.02. The highest BCUT2D eigenvalue weighted by Crippen LogP contribution is 2.33. The van der Waals surface area contributed by atoms with Gasteiger partial charge in [-0.05, 0) is 25.1 Å². The van der Waals surface area contributed by atoms with Crippen LogP contribution in [0.1, 0.15) is 17.0 Å². The number of anilines is 1. The van der Waals surface area contributed by atoms with Gasteiger partial charge >= 0.3 is 0 Å². The van der Waals surface area contributed by atoms with Crippen molar-refractivity contribution in [2.24, 2.45) is 5.73 Å². The van der Waals surface area contributed by atoms with Gasteiger partial charge in [0.25, 0.3) is 0 Å². The molecule has 2 aromatic carbocycles. The summed E-state index contributed by atoms with van der Waals surface area (Å²) < 4.78 is 31.9. The van der Waals surface area contributed by atoms with Crippen LogP contribution in [-0.2, 0) is 16.1 Å². The van der Waals surface area contributed by atoms with E-state index in [9.17, 15) is 14.0 Å². The number of alkyl halides is 1. The molecule has 1 fully saturated rings. The van der Waals surface area contributed by atoms with Gasteiger partial charge in [0, 0.05) is 27.4 Å². The predicted molar refractivity (Wildman–Crippen MR) is 144 cm³/mol. The average molecular weight is 557 g/mol. The fourth-order valence-electron chi connectivity index (χ4n) is 4.64. The molecule has 4 aromatic rings. The molecule has 196 valence electrons. The second-order valence-corrected chi connectivity index (χ2v) is 10.7. The van der Waals surface area contributed by atoms with Crippen LogP contribution in [0.2, 0.25) is 5.02 Å². The van der Waals surface area contributed by atoms with E-state index in [0.29, 0.717) is 20.8 Å². The van der Waals surface area contributed by atoms with Crippen molar-refractivity contribution in [2.75, 3.05) is 11.9 Å². The number of hydrogen-bond donors (Lipinski definition) is 3. The van der Waals surface area contributed by atoms with Crippen molar-refractivity contribution in [3.05, 3.63) is 69.9 Å². The van der Waals surface area contributed by atoms with Gasteiger partial charge in [0.15, 0.2) is 5.82 Å². The smallest absolute Gasteiger partial charge is 0.247 e. The number of amidine groups is 1. The number of nitrogen functional groups attached to an aromatic ring is 1. The first-order valence-corrected chi connectivity index (χ1v) is 12.9. The monoisotopic (exact) mass is 556 g/mol. The Kier molecular flexibility index (Phi) is 6.89. The number of rotatable bonds is 6. The van der Waals surface area contributed by atoms with Crippen molar-refractivity contribution < 1.29 is 18.4 Å². The number of nitrogens with zero attached hydrogens (tertiary/aromatic N) is 3. The lowest BCUT2D eigenvalue weighted by Gasteiger charge is -2.24. The van der Waals surface area contributed by atoms with Gasteiger partial charge in [0.2, 0.25) is 11.8 Å². The molecule has 4 N–H and O–H groups in total. The van der Waals surface area contributed by atoms with E-state index >= 15 is 4.39 Å². The number of hydrogen-bond acceptors (Lipinski definition) is 5. The van der Waals surface area contributed by atoms with Gasteiger partial charge < -0.3 is 16.0 Å². The number of nitrogens with one attached hydrogen (secondary N) is 2. The molecule has 0 saturated carbocycles. The molecule has 12 heteroatoms. The molecule has 3 heterocycles. The zero-order chi connectivity index (χ0) is 27.1. The molecule has 2 amide bonds. The van der Waals surface area contributed by atoms with E-state index in [0.717, 1.165) is 9.78 Å². The molecule has 2 atom stereocenters. The molecule has 1 aliphatic rings. The van der Waals surface area contributed by atoms with E-state index in [2.05, 4.69) is 10.4 Å². The van der Waals surface area contributed by atoms with Crippen LogP contribution in [-0.4, -0.2) is 51.1 Å². The Bertz CT molecular complexity index is 1590. The van der Waals surface area contributed by atoms with Gasteiger partial charge in [-0.3, -0.25) is 19.7 Å². The standard InChI is InChI=1S/C26H23ClF2N6O2S/c1-13-9-19-24(38-13)23(25(30)31)33-35(19)12-21(36)34-11-14(28)10-20(34)26(37)32-18-8-4-6-16(22(18)29)15-5-2-3-7-17(15)27/h2-9,14,20H,10-12H2,1H3,(H3,30,31)(H,32,37)/t14-,20?/m1/s1. The Morgan fingerprint density at radius 2 is 1.97 bits per heavy atom. The van der Waals surface area contributed by atoms with Crippen molar-refractivity contribution in [3.8, 4) is 11.1 Å². The van der Waals surface area contributed by atoms with Crippen LogP contribution in [0.25, 0.3) is 21.3 Å². The van der Waals surface area contributed by atoms with Crippen LogP contribution in [0, 0.1) is 18.2 Å². The largest absolute Gasteiger partial charge is 0.382 e. The van der Waals surface area contributed by atoms with Crippen molar-refractivity contribution in [1.82, 2.24) is 14.7 Å². The zero-order valence-corrected chi connectivity index (χ0v) is 21.7. The Morgan fingerprint density at radius 1 is 1.24 bits per heavy atom. The van der Waals surface area contributed by atoms with Gasteiger partial charge in [-0.1, -0.05) is 41.9 Å². The number of thiophene rings is 1. The van der Waals surface area contributed by atoms with Gasteiger partial charge in [-0.25, -0.2) is 8.78 Å². The van der Waals surface area contributed by atoms with E-state index in [1.165, 1.54) is 22.1 Å². The molecule has 0 aliphatic carbocycles. The molecule has 1 unspecified atom stereocenters. The number of aromatic nitrogens is 2. The maximum absolute atomic E-state index is 15.4. The van der Waals surface area contributed by atoms with Crippen LogP contribution in [0.15, 0.2) is 48.5 Å². The Balaban J connectivity index is 1.37. The number of benzene rings is 2. The fourth-order valence-corrected chi connectivity index (χ4v) is 5.89. The minimum Gasteiger partial charge on any atom is -0.382 e. The summed E-state index contributed by atoms with van der Waals surface area (Å²) in [5.74, 6) is -2.15. The van der Waals surface area contributed by atoms with Crippen molar-refractivity contribution >= 4 is 56.5 Å². The highest BCUT2D eigenvalue weighted by molar-refractivity contribution is 7.19.